The van der Waals surface area contributed by atoms with Gasteiger partial charge in [-0.1, -0.05) is 12.1 Å². The summed E-state index contributed by atoms with van der Waals surface area (Å²) in [4.78, 5) is 2.46. The predicted molar refractivity (Wildman–Crippen MR) is 75.2 cm³/mol. The first-order valence-electron chi connectivity index (χ1n) is 6.83. The van der Waals surface area contributed by atoms with E-state index in [1.807, 2.05) is 12.1 Å². The molecule has 0 amide bonds. The lowest BCUT2D eigenvalue weighted by Crippen LogP contribution is -2.36. The fourth-order valence-electron chi connectivity index (χ4n) is 2.53. The van der Waals surface area contributed by atoms with E-state index in [4.69, 9.17) is 4.74 Å². The molecule has 1 fully saturated rings. The molecule has 3 heteroatoms. The summed E-state index contributed by atoms with van der Waals surface area (Å²) in [5, 5.41) is 3.56. The van der Waals surface area contributed by atoms with Gasteiger partial charge in [0.15, 0.2) is 0 Å². The van der Waals surface area contributed by atoms with Crippen molar-refractivity contribution in [2.75, 3.05) is 33.8 Å². The van der Waals surface area contributed by atoms with Gasteiger partial charge in [-0.05, 0) is 57.1 Å². The van der Waals surface area contributed by atoms with Crippen LogP contribution in [-0.4, -0.2) is 44.7 Å². The van der Waals surface area contributed by atoms with Gasteiger partial charge in [0, 0.05) is 12.6 Å². The van der Waals surface area contributed by atoms with E-state index >= 15 is 0 Å². The van der Waals surface area contributed by atoms with Gasteiger partial charge in [0.25, 0.3) is 0 Å². The van der Waals surface area contributed by atoms with E-state index in [2.05, 4.69) is 29.4 Å². The predicted octanol–water partition coefficient (Wildman–Crippen LogP) is 1.92. The Morgan fingerprint density at radius 2 is 2.11 bits per heavy atom. The molecule has 18 heavy (non-hydrogen) atoms. The second-order valence-corrected chi connectivity index (χ2v) is 5.08. The van der Waals surface area contributed by atoms with Crippen molar-refractivity contribution in [3.8, 4) is 5.75 Å². The summed E-state index contributed by atoms with van der Waals surface area (Å²) in [7, 11) is 3.93. The molecule has 100 valence electrons. The maximum absolute atomic E-state index is 5.15. The van der Waals surface area contributed by atoms with E-state index in [-0.39, 0.29) is 0 Å². The highest BCUT2D eigenvalue weighted by molar-refractivity contribution is 5.27. The van der Waals surface area contributed by atoms with E-state index in [1.165, 1.54) is 24.9 Å². The fraction of sp³-hybridized carbons (Fsp3) is 0.600. The number of likely N-dealkylation sites (N-methyl/N-ethyl adjacent to an activating group) is 1. The Morgan fingerprint density at radius 1 is 1.33 bits per heavy atom. The average Bonchev–Trinajstić information content (AvgIpc) is 2.81. The van der Waals surface area contributed by atoms with Crippen molar-refractivity contribution in [3.05, 3.63) is 29.8 Å². The Labute approximate surface area is 110 Å². The molecule has 1 aromatic rings. The van der Waals surface area contributed by atoms with Gasteiger partial charge in [-0.2, -0.15) is 0 Å². The molecule has 1 aliphatic heterocycles. The quantitative estimate of drug-likeness (QED) is 0.778. The van der Waals surface area contributed by atoms with Gasteiger partial charge in [0.2, 0.25) is 0 Å². The second-order valence-electron chi connectivity index (χ2n) is 5.08. The van der Waals surface area contributed by atoms with Gasteiger partial charge in [-0.15, -0.1) is 0 Å². The number of hydrogen-bond acceptors (Lipinski definition) is 3. The largest absolute Gasteiger partial charge is 0.497 e. The minimum absolute atomic E-state index is 0.737. The first kappa shape index (κ1) is 13.4. The van der Waals surface area contributed by atoms with Crippen LogP contribution < -0.4 is 10.1 Å². The van der Waals surface area contributed by atoms with Crippen LogP contribution in [-0.2, 0) is 6.42 Å². The molecular formula is C15H24N2O. The van der Waals surface area contributed by atoms with Crippen molar-refractivity contribution in [2.45, 2.75) is 25.3 Å². The highest BCUT2D eigenvalue weighted by Gasteiger charge is 2.19. The van der Waals surface area contributed by atoms with E-state index in [0.717, 1.165) is 31.3 Å². The van der Waals surface area contributed by atoms with Crippen LogP contribution in [0.2, 0.25) is 0 Å². The third-order valence-electron chi connectivity index (χ3n) is 3.80. The molecule has 1 aromatic carbocycles. The lowest BCUT2D eigenvalue weighted by molar-refractivity contribution is 0.301. The van der Waals surface area contributed by atoms with E-state index < -0.39 is 0 Å². The van der Waals surface area contributed by atoms with Gasteiger partial charge in [-0.25, -0.2) is 0 Å². The Hall–Kier alpha value is -1.06. The molecule has 0 aliphatic carbocycles. The van der Waals surface area contributed by atoms with Crippen LogP contribution in [0.1, 0.15) is 18.4 Å². The summed E-state index contributed by atoms with van der Waals surface area (Å²) in [6.45, 7) is 3.42. The first-order valence-corrected chi connectivity index (χ1v) is 6.83. The van der Waals surface area contributed by atoms with Crippen LogP contribution in [0.5, 0.6) is 5.75 Å². The van der Waals surface area contributed by atoms with Crippen LogP contribution in [0.25, 0.3) is 0 Å². The van der Waals surface area contributed by atoms with E-state index in [0.29, 0.717) is 0 Å². The molecule has 1 saturated heterocycles. The second kappa shape index (κ2) is 6.76. The van der Waals surface area contributed by atoms with Crippen LogP contribution in [0.3, 0.4) is 0 Å². The Kier molecular flexibility index (Phi) is 5.02. The van der Waals surface area contributed by atoms with Crippen molar-refractivity contribution in [2.24, 2.45) is 0 Å². The molecule has 1 N–H and O–H groups in total. The maximum Gasteiger partial charge on any atom is 0.118 e. The maximum atomic E-state index is 5.15. The molecule has 2 rings (SSSR count). The zero-order valence-corrected chi connectivity index (χ0v) is 11.5. The highest BCUT2D eigenvalue weighted by atomic mass is 16.5. The summed E-state index contributed by atoms with van der Waals surface area (Å²) in [6.07, 6.45) is 3.77. The third-order valence-corrected chi connectivity index (χ3v) is 3.80. The summed E-state index contributed by atoms with van der Waals surface area (Å²) in [6, 6.07) is 9.07. The van der Waals surface area contributed by atoms with Crippen molar-refractivity contribution in [1.29, 1.82) is 0 Å². The Balaban J connectivity index is 1.65. The molecule has 0 bridgehead atoms. The van der Waals surface area contributed by atoms with E-state index in [1.54, 1.807) is 7.11 Å². The zero-order chi connectivity index (χ0) is 12.8. The van der Waals surface area contributed by atoms with Crippen LogP contribution in [0, 0.1) is 0 Å². The average molecular weight is 248 g/mol. The topological polar surface area (TPSA) is 24.5 Å². The lowest BCUT2D eigenvalue weighted by Gasteiger charge is -2.19. The molecule has 1 unspecified atom stereocenters. The Bertz CT molecular complexity index is 350. The minimum Gasteiger partial charge on any atom is -0.497 e. The number of nitrogens with zero attached hydrogens (tertiary/aromatic N) is 1. The van der Waals surface area contributed by atoms with Crippen LogP contribution >= 0.6 is 0 Å². The number of rotatable bonds is 6. The number of hydrogen-bond donors (Lipinski definition) is 1. The van der Waals surface area contributed by atoms with Crippen molar-refractivity contribution in [3.63, 3.8) is 0 Å². The normalized spacial score (nSPS) is 20.2. The molecule has 1 atom stereocenters. The monoisotopic (exact) mass is 248 g/mol. The zero-order valence-electron chi connectivity index (χ0n) is 11.5. The highest BCUT2D eigenvalue weighted by Crippen LogP contribution is 2.14. The van der Waals surface area contributed by atoms with Crippen molar-refractivity contribution >= 4 is 0 Å². The van der Waals surface area contributed by atoms with Crippen LogP contribution in [0.15, 0.2) is 24.3 Å². The van der Waals surface area contributed by atoms with E-state index in [9.17, 15) is 0 Å². The van der Waals surface area contributed by atoms with Gasteiger partial charge in [-0.3, -0.25) is 0 Å². The molecule has 1 heterocycles. The number of ether oxygens (including phenoxy) is 1. The van der Waals surface area contributed by atoms with Crippen LogP contribution in [0.4, 0.5) is 0 Å². The number of methoxy groups -OCH3 is 1. The van der Waals surface area contributed by atoms with Gasteiger partial charge in [0.05, 0.1) is 7.11 Å². The molecule has 0 aromatic heterocycles. The summed E-state index contributed by atoms with van der Waals surface area (Å²) >= 11 is 0. The first-order chi connectivity index (χ1) is 8.79. The van der Waals surface area contributed by atoms with Crippen molar-refractivity contribution < 1.29 is 4.74 Å². The summed E-state index contributed by atoms with van der Waals surface area (Å²) < 4.78 is 5.15. The standard InChI is InChI=1S/C15H24N2O/c1-17-11-3-4-14(17)12-16-10-9-13-5-7-15(18-2)8-6-13/h5-8,14,16H,3-4,9-12H2,1-2H3. The number of benzene rings is 1. The van der Waals surface area contributed by atoms with Crippen molar-refractivity contribution in [1.82, 2.24) is 10.2 Å². The summed E-state index contributed by atoms with van der Waals surface area (Å²) in [5.41, 5.74) is 1.36. The SMILES string of the molecule is COc1ccc(CCNCC2CCCN2C)cc1. The third kappa shape index (κ3) is 3.72. The minimum atomic E-state index is 0.737. The lowest BCUT2D eigenvalue weighted by atomic mass is 10.1. The molecule has 0 spiro atoms. The van der Waals surface area contributed by atoms with Gasteiger partial charge in [0.1, 0.15) is 5.75 Å². The number of likely N-dealkylation sites (tertiary alicyclic amines) is 1. The van der Waals surface area contributed by atoms with Gasteiger partial charge < -0.3 is 15.0 Å². The molecular weight excluding hydrogens is 224 g/mol. The fourth-order valence-corrected chi connectivity index (χ4v) is 2.53. The Morgan fingerprint density at radius 3 is 2.72 bits per heavy atom. The number of nitrogens with one attached hydrogen (secondary N) is 1. The summed E-state index contributed by atoms with van der Waals surface area (Å²) in [5.74, 6) is 0.930. The molecule has 0 radical (unpaired) electrons. The smallest absolute Gasteiger partial charge is 0.118 e. The molecule has 3 nitrogen and oxygen atoms in total. The molecule has 0 saturated carbocycles. The van der Waals surface area contributed by atoms with Gasteiger partial charge >= 0.3 is 0 Å². The molecule has 1 aliphatic rings.